The van der Waals surface area contributed by atoms with Gasteiger partial charge in [-0.3, -0.25) is 0 Å². The highest BCUT2D eigenvalue weighted by Crippen LogP contribution is 2.07. The summed E-state index contributed by atoms with van der Waals surface area (Å²) in [5, 5.41) is 8.27. The standard InChI is InChI=1S/C7H4FIN2/c8-7-5(3-4-10)1-2-6(9)11-7/h1-2H,3H2. The molecule has 0 aromatic carbocycles. The van der Waals surface area contributed by atoms with Crippen LogP contribution in [0.3, 0.4) is 0 Å². The first-order chi connectivity index (χ1) is 5.24. The molecule has 0 unspecified atom stereocenters. The summed E-state index contributed by atoms with van der Waals surface area (Å²) in [5.41, 5.74) is 0.355. The number of halogens is 2. The molecule has 0 saturated heterocycles. The van der Waals surface area contributed by atoms with Gasteiger partial charge < -0.3 is 0 Å². The van der Waals surface area contributed by atoms with E-state index in [1.807, 2.05) is 28.7 Å². The van der Waals surface area contributed by atoms with E-state index in [2.05, 4.69) is 4.98 Å². The van der Waals surface area contributed by atoms with Crippen molar-refractivity contribution in [2.75, 3.05) is 0 Å². The minimum Gasteiger partial charge on any atom is -0.213 e. The van der Waals surface area contributed by atoms with Gasteiger partial charge in [0.1, 0.15) is 3.70 Å². The maximum atomic E-state index is 12.8. The predicted octanol–water partition coefficient (Wildman–Crippen LogP) is 1.89. The van der Waals surface area contributed by atoms with E-state index in [0.717, 1.165) is 0 Å². The highest BCUT2D eigenvalue weighted by atomic mass is 127. The van der Waals surface area contributed by atoms with Crippen LogP contribution in [0, 0.1) is 21.0 Å². The lowest BCUT2D eigenvalue weighted by atomic mass is 10.2. The second-order valence-corrected chi connectivity index (χ2v) is 3.02. The zero-order chi connectivity index (χ0) is 8.27. The number of nitriles is 1. The molecule has 0 amide bonds. The number of aromatic nitrogens is 1. The van der Waals surface area contributed by atoms with Crippen LogP contribution < -0.4 is 0 Å². The molecule has 0 aliphatic heterocycles. The van der Waals surface area contributed by atoms with E-state index in [9.17, 15) is 4.39 Å². The molecule has 0 fully saturated rings. The average Bonchev–Trinajstić information content (AvgIpc) is 1.95. The number of hydrogen-bond acceptors (Lipinski definition) is 2. The Balaban J connectivity index is 3.01. The summed E-state index contributed by atoms with van der Waals surface area (Å²) >= 11 is 1.92. The monoisotopic (exact) mass is 262 g/mol. The Hall–Kier alpha value is -0.700. The fourth-order valence-electron chi connectivity index (χ4n) is 0.658. The number of hydrogen-bond donors (Lipinski definition) is 0. The SMILES string of the molecule is N#CCc1ccc(I)nc1F. The molecule has 1 aromatic heterocycles. The summed E-state index contributed by atoms with van der Waals surface area (Å²) in [7, 11) is 0. The van der Waals surface area contributed by atoms with Crippen LogP contribution >= 0.6 is 22.6 Å². The Morgan fingerprint density at radius 1 is 1.64 bits per heavy atom. The van der Waals surface area contributed by atoms with Crippen LogP contribution in [-0.4, -0.2) is 4.98 Å². The lowest BCUT2D eigenvalue weighted by Gasteiger charge is -1.95. The average molecular weight is 262 g/mol. The normalized spacial score (nSPS) is 9.18. The summed E-state index contributed by atoms with van der Waals surface area (Å²) in [4.78, 5) is 3.56. The topological polar surface area (TPSA) is 36.7 Å². The van der Waals surface area contributed by atoms with Gasteiger partial charge in [0.2, 0.25) is 5.95 Å². The van der Waals surface area contributed by atoms with Gasteiger partial charge in [-0.2, -0.15) is 9.65 Å². The third kappa shape index (κ3) is 2.12. The molecule has 0 spiro atoms. The molecule has 1 aromatic rings. The van der Waals surface area contributed by atoms with E-state index in [-0.39, 0.29) is 6.42 Å². The van der Waals surface area contributed by atoms with Crippen LogP contribution in [0.15, 0.2) is 12.1 Å². The fraction of sp³-hybridized carbons (Fsp3) is 0.143. The van der Waals surface area contributed by atoms with Gasteiger partial charge in [0, 0.05) is 5.56 Å². The van der Waals surface area contributed by atoms with Crippen molar-refractivity contribution in [3.05, 3.63) is 27.3 Å². The Bertz CT molecular complexity index is 306. The van der Waals surface area contributed by atoms with Gasteiger partial charge in [0.05, 0.1) is 12.5 Å². The summed E-state index contributed by atoms with van der Waals surface area (Å²) in [5.74, 6) is -0.543. The van der Waals surface area contributed by atoms with Crippen molar-refractivity contribution in [3.63, 3.8) is 0 Å². The largest absolute Gasteiger partial charge is 0.218 e. The molecule has 1 rings (SSSR count). The smallest absolute Gasteiger partial charge is 0.213 e. The summed E-state index contributed by atoms with van der Waals surface area (Å²) in [6.07, 6.45) is 0.0791. The van der Waals surface area contributed by atoms with Crippen molar-refractivity contribution >= 4 is 22.6 Å². The molecule has 4 heteroatoms. The highest BCUT2D eigenvalue weighted by Gasteiger charge is 2.02. The predicted molar refractivity (Wildman–Crippen MR) is 46.2 cm³/mol. The van der Waals surface area contributed by atoms with Crippen LogP contribution in [0.1, 0.15) is 5.56 Å². The maximum absolute atomic E-state index is 12.8. The van der Waals surface area contributed by atoms with E-state index in [1.165, 1.54) is 0 Å². The van der Waals surface area contributed by atoms with Crippen LogP contribution in [0.2, 0.25) is 0 Å². The molecule has 0 atom stereocenters. The Kier molecular flexibility index (Phi) is 2.76. The van der Waals surface area contributed by atoms with Crippen LogP contribution in [0.25, 0.3) is 0 Å². The quantitative estimate of drug-likeness (QED) is 0.572. The molecule has 1 heterocycles. The zero-order valence-corrected chi connectivity index (χ0v) is 7.67. The van der Waals surface area contributed by atoms with Gasteiger partial charge in [0.15, 0.2) is 0 Å². The molecule has 56 valence electrons. The van der Waals surface area contributed by atoms with Gasteiger partial charge in [-0.1, -0.05) is 6.07 Å². The van der Waals surface area contributed by atoms with Gasteiger partial charge in [-0.25, -0.2) is 4.98 Å². The van der Waals surface area contributed by atoms with Gasteiger partial charge >= 0.3 is 0 Å². The lowest BCUT2D eigenvalue weighted by molar-refractivity contribution is 0.568. The van der Waals surface area contributed by atoms with Crippen molar-refractivity contribution in [1.29, 1.82) is 5.26 Å². The maximum Gasteiger partial charge on any atom is 0.218 e. The Labute approximate surface area is 77.2 Å². The summed E-state index contributed by atoms with van der Waals surface area (Å²) < 4.78 is 13.4. The highest BCUT2D eigenvalue weighted by molar-refractivity contribution is 14.1. The number of nitrogens with zero attached hydrogens (tertiary/aromatic N) is 2. The summed E-state index contributed by atoms with van der Waals surface area (Å²) in [6.45, 7) is 0. The van der Waals surface area contributed by atoms with Gasteiger partial charge in [-0.15, -0.1) is 0 Å². The number of rotatable bonds is 1. The lowest BCUT2D eigenvalue weighted by Crippen LogP contribution is -1.93. The molecule has 0 radical (unpaired) electrons. The first kappa shape index (κ1) is 8.40. The third-order valence-corrected chi connectivity index (χ3v) is 1.76. The molecule has 0 N–H and O–H groups in total. The van der Waals surface area contributed by atoms with Crippen LogP contribution in [0.4, 0.5) is 4.39 Å². The molecule has 0 bridgehead atoms. The van der Waals surface area contributed by atoms with Crippen molar-refractivity contribution in [3.8, 4) is 6.07 Å². The van der Waals surface area contributed by atoms with E-state index in [1.54, 1.807) is 12.1 Å². The zero-order valence-electron chi connectivity index (χ0n) is 5.51. The molecule has 11 heavy (non-hydrogen) atoms. The Morgan fingerprint density at radius 3 is 2.91 bits per heavy atom. The number of pyridine rings is 1. The molecular formula is C7H4FIN2. The van der Waals surface area contributed by atoms with Crippen LogP contribution in [0.5, 0.6) is 0 Å². The van der Waals surface area contributed by atoms with Crippen molar-refractivity contribution in [2.24, 2.45) is 0 Å². The first-order valence-corrected chi connectivity index (χ1v) is 4.00. The van der Waals surface area contributed by atoms with Crippen LogP contribution in [-0.2, 0) is 6.42 Å². The summed E-state index contributed by atoms with van der Waals surface area (Å²) in [6, 6.07) is 5.12. The van der Waals surface area contributed by atoms with Crippen molar-refractivity contribution < 1.29 is 4.39 Å². The third-order valence-electron chi connectivity index (χ3n) is 1.16. The minimum absolute atomic E-state index is 0.0791. The van der Waals surface area contributed by atoms with E-state index < -0.39 is 5.95 Å². The first-order valence-electron chi connectivity index (χ1n) is 2.92. The minimum atomic E-state index is -0.543. The van der Waals surface area contributed by atoms with Crippen molar-refractivity contribution in [1.82, 2.24) is 4.98 Å². The van der Waals surface area contributed by atoms with Gasteiger partial charge in [0.25, 0.3) is 0 Å². The van der Waals surface area contributed by atoms with Crippen molar-refractivity contribution in [2.45, 2.75) is 6.42 Å². The molecule has 0 aliphatic rings. The van der Waals surface area contributed by atoms with E-state index in [4.69, 9.17) is 5.26 Å². The molecular weight excluding hydrogens is 258 g/mol. The molecule has 0 saturated carbocycles. The fourth-order valence-corrected chi connectivity index (χ4v) is 1.05. The molecule has 2 nitrogen and oxygen atoms in total. The van der Waals surface area contributed by atoms with E-state index >= 15 is 0 Å². The van der Waals surface area contributed by atoms with E-state index in [0.29, 0.717) is 9.26 Å². The Morgan fingerprint density at radius 2 is 2.36 bits per heavy atom. The molecule has 0 aliphatic carbocycles. The second-order valence-electron chi connectivity index (χ2n) is 1.92. The second kappa shape index (κ2) is 3.62. The van der Waals surface area contributed by atoms with Gasteiger partial charge in [-0.05, 0) is 28.7 Å².